The highest BCUT2D eigenvalue weighted by molar-refractivity contribution is 5.83. The number of benzene rings is 2. The van der Waals surface area contributed by atoms with Crippen LogP contribution in [0.4, 0.5) is 8.78 Å². The van der Waals surface area contributed by atoms with Crippen LogP contribution in [0.25, 0.3) is 11.3 Å². The Hall–Kier alpha value is -3.02. The number of hydrogen-bond acceptors (Lipinski definition) is 3. The third kappa shape index (κ3) is 3.96. The van der Waals surface area contributed by atoms with Crippen molar-refractivity contribution < 1.29 is 18.1 Å². The summed E-state index contributed by atoms with van der Waals surface area (Å²) in [5, 5.41) is 6.66. The molecule has 134 valence electrons. The van der Waals surface area contributed by atoms with Gasteiger partial charge in [-0.15, -0.1) is 0 Å². The van der Waals surface area contributed by atoms with Crippen LogP contribution in [0.3, 0.4) is 0 Å². The van der Waals surface area contributed by atoms with E-state index in [-0.39, 0.29) is 29.7 Å². The molecule has 1 heterocycles. The molecule has 6 heteroatoms. The normalized spacial score (nSPS) is 12.0. The summed E-state index contributed by atoms with van der Waals surface area (Å²) in [6, 6.07) is 14.3. The second kappa shape index (κ2) is 7.91. The number of rotatable bonds is 6. The molecule has 0 radical (unpaired) electrons. The van der Waals surface area contributed by atoms with Crippen molar-refractivity contribution in [3.8, 4) is 11.3 Å². The summed E-state index contributed by atoms with van der Waals surface area (Å²) in [6.45, 7) is 2.11. The number of carbonyl (C=O) groups is 1. The zero-order valence-corrected chi connectivity index (χ0v) is 14.2. The van der Waals surface area contributed by atoms with Gasteiger partial charge >= 0.3 is 0 Å². The number of halogens is 2. The topological polar surface area (TPSA) is 55.1 Å². The van der Waals surface area contributed by atoms with Crippen molar-refractivity contribution in [2.24, 2.45) is 0 Å². The third-order valence-electron chi connectivity index (χ3n) is 4.13. The fourth-order valence-corrected chi connectivity index (χ4v) is 2.77. The van der Waals surface area contributed by atoms with Gasteiger partial charge in [-0.2, -0.15) is 0 Å². The molecule has 0 aliphatic rings. The maximum Gasteiger partial charge on any atom is 0.227 e. The van der Waals surface area contributed by atoms with Gasteiger partial charge < -0.3 is 9.84 Å². The first kappa shape index (κ1) is 17.8. The average molecular weight is 356 g/mol. The van der Waals surface area contributed by atoms with Gasteiger partial charge in [0, 0.05) is 12.1 Å². The molecule has 0 aliphatic carbocycles. The van der Waals surface area contributed by atoms with Crippen molar-refractivity contribution in [3.05, 3.63) is 77.5 Å². The standard InChI is InChI=1S/C20H18F2N2O2/c1-2-16(13-6-4-3-5-7-13)20(25)23-12-15-11-19(26-24-15)17-9-8-14(21)10-18(17)22/h3-11,16H,2,12H2,1H3,(H,23,25). The molecular weight excluding hydrogens is 338 g/mol. The third-order valence-corrected chi connectivity index (χ3v) is 4.13. The highest BCUT2D eigenvalue weighted by Gasteiger charge is 2.19. The summed E-state index contributed by atoms with van der Waals surface area (Å²) >= 11 is 0. The molecule has 1 aromatic heterocycles. The lowest BCUT2D eigenvalue weighted by Crippen LogP contribution is -2.28. The molecule has 0 fully saturated rings. The lowest BCUT2D eigenvalue weighted by Gasteiger charge is -2.14. The van der Waals surface area contributed by atoms with E-state index in [1.165, 1.54) is 12.1 Å². The summed E-state index contributed by atoms with van der Waals surface area (Å²) in [4.78, 5) is 12.4. The lowest BCUT2D eigenvalue weighted by atomic mass is 9.96. The summed E-state index contributed by atoms with van der Waals surface area (Å²) in [5.41, 5.74) is 1.52. The molecule has 0 saturated carbocycles. The second-order valence-electron chi connectivity index (χ2n) is 5.90. The van der Waals surface area contributed by atoms with Crippen LogP contribution in [-0.4, -0.2) is 11.1 Å². The smallest absolute Gasteiger partial charge is 0.227 e. The van der Waals surface area contributed by atoms with E-state index in [4.69, 9.17) is 4.52 Å². The minimum atomic E-state index is -0.730. The summed E-state index contributed by atoms with van der Waals surface area (Å²) < 4.78 is 31.9. The predicted molar refractivity (Wildman–Crippen MR) is 93.2 cm³/mol. The molecule has 2 aromatic carbocycles. The van der Waals surface area contributed by atoms with E-state index in [0.717, 1.165) is 17.7 Å². The highest BCUT2D eigenvalue weighted by atomic mass is 19.1. The summed E-state index contributed by atoms with van der Waals surface area (Å²) in [6.07, 6.45) is 0.667. The van der Waals surface area contributed by atoms with Gasteiger partial charge in [-0.05, 0) is 24.1 Å². The first-order valence-electron chi connectivity index (χ1n) is 8.32. The lowest BCUT2D eigenvalue weighted by molar-refractivity contribution is -0.122. The van der Waals surface area contributed by atoms with E-state index >= 15 is 0 Å². The van der Waals surface area contributed by atoms with Crippen LogP contribution in [0, 0.1) is 11.6 Å². The van der Waals surface area contributed by atoms with Gasteiger partial charge in [-0.1, -0.05) is 42.4 Å². The van der Waals surface area contributed by atoms with E-state index in [2.05, 4.69) is 10.5 Å². The minimum Gasteiger partial charge on any atom is -0.356 e. The SMILES string of the molecule is CCC(C(=O)NCc1cc(-c2ccc(F)cc2F)on1)c1ccccc1. The largest absolute Gasteiger partial charge is 0.356 e. The fourth-order valence-electron chi connectivity index (χ4n) is 2.77. The van der Waals surface area contributed by atoms with Crippen LogP contribution in [0.5, 0.6) is 0 Å². The average Bonchev–Trinajstić information content (AvgIpc) is 3.10. The Balaban J connectivity index is 1.67. The predicted octanol–water partition coefficient (Wildman–Crippen LogP) is 4.43. The van der Waals surface area contributed by atoms with E-state index in [9.17, 15) is 13.6 Å². The zero-order valence-electron chi connectivity index (χ0n) is 14.2. The second-order valence-corrected chi connectivity index (χ2v) is 5.90. The Kier molecular flexibility index (Phi) is 5.41. The number of amides is 1. The van der Waals surface area contributed by atoms with Crippen molar-refractivity contribution in [3.63, 3.8) is 0 Å². The monoisotopic (exact) mass is 356 g/mol. The van der Waals surface area contributed by atoms with Gasteiger partial charge in [0.2, 0.25) is 5.91 Å². The quantitative estimate of drug-likeness (QED) is 0.711. The molecule has 1 atom stereocenters. The number of hydrogen-bond donors (Lipinski definition) is 1. The highest BCUT2D eigenvalue weighted by Crippen LogP contribution is 2.24. The molecule has 0 bridgehead atoms. The van der Waals surface area contributed by atoms with Crippen molar-refractivity contribution in [1.29, 1.82) is 0 Å². The molecule has 3 rings (SSSR count). The summed E-state index contributed by atoms with van der Waals surface area (Å²) in [5.74, 6) is -1.58. The van der Waals surface area contributed by atoms with Crippen LogP contribution in [0.15, 0.2) is 59.1 Å². The molecule has 1 N–H and O–H groups in total. The first-order valence-corrected chi connectivity index (χ1v) is 8.32. The zero-order chi connectivity index (χ0) is 18.5. The number of carbonyl (C=O) groups excluding carboxylic acids is 1. The van der Waals surface area contributed by atoms with Crippen LogP contribution in [-0.2, 0) is 11.3 Å². The Morgan fingerprint density at radius 3 is 2.62 bits per heavy atom. The molecule has 0 aliphatic heterocycles. The molecule has 26 heavy (non-hydrogen) atoms. The Morgan fingerprint density at radius 2 is 1.92 bits per heavy atom. The number of nitrogens with one attached hydrogen (secondary N) is 1. The minimum absolute atomic E-state index is 0.115. The molecule has 0 spiro atoms. The van der Waals surface area contributed by atoms with E-state index in [1.54, 1.807) is 0 Å². The molecule has 0 saturated heterocycles. The van der Waals surface area contributed by atoms with E-state index in [0.29, 0.717) is 12.1 Å². The van der Waals surface area contributed by atoms with Crippen LogP contribution >= 0.6 is 0 Å². The van der Waals surface area contributed by atoms with Gasteiger partial charge in [-0.25, -0.2) is 8.78 Å². The maximum atomic E-state index is 13.8. The van der Waals surface area contributed by atoms with Gasteiger partial charge in [0.05, 0.1) is 18.0 Å². The molecule has 4 nitrogen and oxygen atoms in total. The molecule has 3 aromatic rings. The molecule has 1 amide bonds. The van der Waals surface area contributed by atoms with E-state index < -0.39 is 11.6 Å². The van der Waals surface area contributed by atoms with Gasteiger partial charge in [0.1, 0.15) is 17.3 Å². The first-order chi connectivity index (χ1) is 12.6. The Labute approximate surface area is 149 Å². The fraction of sp³-hybridized carbons (Fsp3) is 0.200. The van der Waals surface area contributed by atoms with Gasteiger partial charge in [0.15, 0.2) is 5.76 Å². The van der Waals surface area contributed by atoms with Crippen molar-refractivity contribution >= 4 is 5.91 Å². The molecule has 1 unspecified atom stereocenters. The molecular formula is C20H18F2N2O2. The van der Waals surface area contributed by atoms with E-state index in [1.807, 2.05) is 37.3 Å². The Morgan fingerprint density at radius 1 is 1.15 bits per heavy atom. The van der Waals surface area contributed by atoms with Crippen molar-refractivity contribution in [2.75, 3.05) is 0 Å². The Bertz CT molecular complexity index is 894. The number of aromatic nitrogens is 1. The maximum absolute atomic E-state index is 13.8. The van der Waals surface area contributed by atoms with Crippen LogP contribution < -0.4 is 5.32 Å². The van der Waals surface area contributed by atoms with Gasteiger partial charge in [-0.3, -0.25) is 4.79 Å². The van der Waals surface area contributed by atoms with Crippen LogP contribution in [0.2, 0.25) is 0 Å². The number of nitrogens with zero attached hydrogens (tertiary/aromatic N) is 1. The summed E-state index contributed by atoms with van der Waals surface area (Å²) in [7, 11) is 0. The van der Waals surface area contributed by atoms with Gasteiger partial charge in [0.25, 0.3) is 0 Å². The van der Waals surface area contributed by atoms with Crippen LogP contribution in [0.1, 0.15) is 30.5 Å². The van der Waals surface area contributed by atoms with Crippen molar-refractivity contribution in [1.82, 2.24) is 10.5 Å². The van der Waals surface area contributed by atoms with Crippen molar-refractivity contribution in [2.45, 2.75) is 25.8 Å².